The number of carboxylic acids is 1. The van der Waals surface area contributed by atoms with Gasteiger partial charge in [0, 0.05) is 14.1 Å². The SMILES string of the molecule is CN(C)C(=O)Cn1cc(C(=O)NC(CC2CCCc3ccccc32)C(=O)O)nn1. The second-order valence-corrected chi connectivity index (χ2v) is 7.48. The summed E-state index contributed by atoms with van der Waals surface area (Å²) in [5.74, 6) is -1.82. The Morgan fingerprint density at radius 3 is 2.79 bits per heavy atom. The monoisotopic (exact) mass is 399 g/mol. The van der Waals surface area contributed by atoms with E-state index in [4.69, 9.17) is 0 Å². The molecule has 1 aromatic heterocycles. The van der Waals surface area contributed by atoms with E-state index in [-0.39, 0.29) is 24.1 Å². The predicted molar refractivity (Wildman–Crippen MR) is 104 cm³/mol. The molecule has 9 heteroatoms. The first-order chi connectivity index (χ1) is 13.8. The minimum atomic E-state index is -1.09. The van der Waals surface area contributed by atoms with Crippen molar-refractivity contribution in [1.82, 2.24) is 25.2 Å². The van der Waals surface area contributed by atoms with E-state index in [1.54, 1.807) is 14.1 Å². The quantitative estimate of drug-likeness (QED) is 0.719. The first-order valence-electron chi connectivity index (χ1n) is 9.57. The minimum Gasteiger partial charge on any atom is -0.480 e. The summed E-state index contributed by atoms with van der Waals surface area (Å²) in [5, 5.41) is 19.7. The highest BCUT2D eigenvalue weighted by Crippen LogP contribution is 2.34. The van der Waals surface area contributed by atoms with Crippen LogP contribution in [0.2, 0.25) is 0 Å². The van der Waals surface area contributed by atoms with Gasteiger partial charge in [0.1, 0.15) is 12.6 Å². The Morgan fingerprint density at radius 1 is 1.31 bits per heavy atom. The minimum absolute atomic E-state index is 0.0214. The molecular weight excluding hydrogens is 374 g/mol. The molecule has 0 saturated carbocycles. The van der Waals surface area contributed by atoms with Crippen LogP contribution < -0.4 is 5.32 Å². The summed E-state index contributed by atoms with van der Waals surface area (Å²) in [6.45, 7) is -0.0471. The van der Waals surface area contributed by atoms with Crippen molar-refractivity contribution in [2.75, 3.05) is 14.1 Å². The molecule has 2 atom stereocenters. The van der Waals surface area contributed by atoms with Gasteiger partial charge < -0.3 is 15.3 Å². The Kier molecular flexibility index (Phi) is 6.26. The fourth-order valence-electron chi connectivity index (χ4n) is 3.60. The molecule has 2 N–H and O–H groups in total. The number of carbonyl (C=O) groups excluding carboxylic acids is 2. The van der Waals surface area contributed by atoms with Crippen molar-refractivity contribution in [3.05, 3.63) is 47.3 Å². The highest BCUT2D eigenvalue weighted by atomic mass is 16.4. The summed E-state index contributed by atoms with van der Waals surface area (Å²) >= 11 is 0. The highest BCUT2D eigenvalue weighted by molar-refractivity contribution is 5.94. The lowest BCUT2D eigenvalue weighted by Crippen LogP contribution is -2.42. The van der Waals surface area contributed by atoms with E-state index in [0.717, 1.165) is 24.8 Å². The average Bonchev–Trinajstić information content (AvgIpc) is 3.16. The topological polar surface area (TPSA) is 117 Å². The van der Waals surface area contributed by atoms with Crippen LogP contribution in [0.25, 0.3) is 0 Å². The molecule has 1 heterocycles. The van der Waals surface area contributed by atoms with Crippen molar-refractivity contribution < 1.29 is 19.5 Å². The molecule has 0 saturated heterocycles. The van der Waals surface area contributed by atoms with Gasteiger partial charge in [-0.3, -0.25) is 9.59 Å². The number of nitrogens with zero attached hydrogens (tertiary/aromatic N) is 4. The van der Waals surface area contributed by atoms with Crippen molar-refractivity contribution in [3.8, 4) is 0 Å². The van der Waals surface area contributed by atoms with Gasteiger partial charge in [-0.05, 0) is 42.7 Å². The van der Waals surface area contributed by atoms with Gasteiger partial charge in [-0.25, -0.2) is 9.48 Å². The van der Waals surface area contributed by atoms with Crippen LogP contribution in [0.3, 0.4) is 0 Å². The molecule has 0 radical (unpaired) electrons. The van der Waals surface area contributed by atoms with Crippen LogP contribution >= 0.6 is 0 Å². The Labute approximate surface area is 168 Å². The zero-order chi connectivity index (χ0) is 21.0. The summed E-state index contributed by atoms with van der Waals surface area (Å²) in [7, 11) is 3.24. The van der Waals surface area contributed by atoms with E-state index < -0.39 is 17.9 Å². The first-order valence-corrected chi connectivity index (χ1v) is 9.57. The van der Waals surface area contributed by atoms with Crippen molar-refractivity contribution in [1.29, 1.82) is 0 Å². The fraction of sp³-hybridized carbons (Fsp3) is 0.450. The normalized spacial score (nSPS) is 16.6. The van der Waals surface area contributed by atoms with Gasteiger partial charge in [-0.15, -0.1) is 5.10 Å². The molecule has 1 aliphatic carbocycles. The van der Waals surface area contributed by atoms with Crippen molar-refractivity contribution >= 4 is 17.8 Å². The first kappa shape index (κ1) is 20.5. The lowest BCUT2D eigenvalue weighted by molar-refractivity contribution is -0.139. The Morgan fingerprint density at radius 2 is 2.07 bits per heavy atom. The molecule has 29 heavy (non-hydrogen) atoms. The van der Waals surface area contributed by atoms with E-state index in [1.165, 1.54) is 21.3 Å². The molecular formula is C20H25N5O4. The summed E-state index contributed by atoms with van der Waals surface area (Å²) in [6, 6.07) is 7.02. The van der Waals surface area contributed by atoms with Crippen molar-refractivity contribution in [3.63, 3.8) is 0 Å². The largest absolute Gasteiger partial charge is 0.480 e. The lowest BCUT2D eigenvalue weighted by Gasteiger charge is -2.27. The number of likely N-dealkylation sites (N-methyl/N-ethyl adjacent to an activating group) is 1. The molecule has 3 rings (SSSR count). The van der Waals surface area contributed by atoms with E-state index in [0.29, 0.717) is 6.42 Å². The number of amides is 2. The number of aliphatic carboxylic acids is 1. The summed E-state index contributed by atoms with van der Waals surface area (Å²) in [5.41, 5.74) is 2.38. The number of aromatic nitrogens is 3. The zero-order valence-electron chi connectivity index (χ0n) is 16.5. The Bertz CT molecular complexity index is 908. The van der Waals surface area contributed by atoms with Crippen LogP contribution in [-0.4, -0.2) is 62.9 Å². The third-order valence-corrected chi connectivity index (χ3v) is 5.18. The molecule has 1 aliphatic rings. The van der Waals surface area contributed by atoms with Crippen LogP contribution in [-0.2, 0) is 22.6 Å². The maximum absolute atomic E-state index is 12.5. The van der Waals surface area contributed by atoms with Crippen LogP contribution in [0, 0.1) is 0 Å². The van der Waals surface area contributed by atoms with E-state index in [9.17, 15) is 19.5 Å². The van der Waals surface area contributed by atoms with Crippen LogP contribution in [0.5, 0.6) is 0 Å². The van der Waals surface area contributed by atoms with Crippen molar-refractivity contribution in [2.24, 2.45) is 0 Å². The molecule has 0 aliphatic heterocycles. The molecule has 2 unspecified atom stereocenters. The second kappa shape index (κ2) is 8.85. The van der Waals surface area contributed by atoms with Gasteiger partial charge in [-0.1, -0.05) is 29.5 Å². The summed E-state index contributed by atoms with van der Waals surface area (Å²) in [4.78, 5) is 37.4. The number of carboxylic acid groups (broad SMARTS) is 1. The molecule has 0 bridgehead atoms. The lowest BCUT2D eigenvalue weighted by atomic mass is 9.79. The average molecular weight is 399 g/mol. The van der Waals surface area contributed by atoms with Crippen LogP contribution in [0.4, 0.5) is 0 Å². The molecule has 2 amide bonds. The standard InChI is InChI=1S/C20H25N5O4/c1-24(2)18(26)12-25-11-17(22-23-25)19(27)21-16(20(28)29)10-14-8-5-7-13-6-3-4-9-15(13)14/h3-4,6,9,11,14,16H,5,7-8,10,12H2,1-2H3,(H,21,27)(H,28,29). The fourth-order valence-corrected chi connectivity index (χ4v) is 3.60. The van der Waals surface area contributed by atoms with Gasteiger partial charge >= 0.3 is 5.97 Å². The number of hydrogen-bond donors (Lipinski definition) is 2. The second-order valence-electron chi connectivity index (χ2n) is 7.48. The Hall–Kier alpha value is -3.23. The van der Waals surface area contributed by atoms with E-state index >= 15 is 0 Å². The Balaban J connectivity index is 1.67. The van der Waals surface area contributed by atoms with Gasteiger partial charge in [0.25, 0.3) is 5.91 Å². The highest BCUT2D eigenvalue weighted by Gasteiger charge is 2.29. The number of hydrogen-bond acceptors (Lipinski definition) is 5. The van der Waals surface area contributed by atoms with E-state index in [2.05, 4.69) is 21.7 Å². The summed E-state index contributed by atoms with van der Waals surface area (Å²) < 4.78 is 1.25. The smallest absolute Gasteiger partial charge is 0.326 e. The maximum Gasteiger partial charge on any atom is 0.326 e. The number of fused-ring (bicyclic) bond motifs is 1. The maximum atomic E-state index is 12.5. The molecule has 0 spiro atoms. The predicted octanol–water partition coefficient (Wildman–Crippen LogP) is 1.06. The number of nitrogens with one attached hydrogen (secondary N) is 1. The molecule has 2 aromatic rings. The van der Waals surface area contributed by atoms with Gasteiger partial charge in [0.15, 0.2) is 5.69 Å². The molecule has 1 aromatic carbocycles. The third kappa shape index (κ3) is 4.98. The number of aryl methyl sites for hydroxylation is 1. The van der Waals surface area contributed by atoms with Gasteiger partial charge in [0.05, 0.1) is 6.20 Å². The number of carbonyl (C=O) groups is 3. The van der Waals surface area contributed by atoms with Crippen LogP contribution in [0.15, 0.2) is 30.5 Å². The third-order valence-electron chi connectivity index (χ3n) is 5.18. The van der Waals surface area contributed by atoms with Crippen LogP contribution in [0.1, 0.15) is 46.8 Å². The molecule has 154 valence electrons. The van der Waals surface area contributed by atoms with Gasteiger partial charge in [0.2, 0.25) is 5.91 Å². The number of benzene rings is 1. The number of rotatable bonds is 7. The van der Waals surface area contributed by atoms with E-state index in [1.807, 2.05) is 18.2 Å². The van der Waals surface area contributed by atoms with Gasteiger partial charge in [-0.2, -0.15) is 0 Å². The molecule has 0 fully saturated rings. The van der Waals surface area contributed by atoms with Crippen molar-refractivity contribution in [2.45, 2.75) is 44.2 Å². The zero-order valence-corrected chi connectivity index (χ0v) is 16.5. The molecule has 9 nitrogen and oxygen atoms in total. The summed E-state index contributed by atoms with van der Waals surface area (Å²) in [6.07, 6.45) is 4.53.